The van der Waals surface area contributed by atoms with Crippen LogP contribution in [-0.4, -0.2) is 63.8 Å². The molecule has 1 atom stereocenters. The Morgan fingerprint density at radius 3 is 2.15 bits per heavy atom. The van der Waals surface area contributed by atoms with Gasteiger partial charge in [0.15, 0.2) is 0 Å². The number of aryl methyl sites for hydroxylation is 1. The zero-order valence-corrected chi connectivity index (χ0v) is 23.3. The number of rotatable bonds is 7. The first-order chi connectivity index (χ1) is 19.2. The molecule has 7 heteroatoms. The fourth-order valence-corrected chi connectivity index (χ4v) is 6.63. The number of anilines is 1. The average Bonchev–Trinajstić information content (AvgIpc) is 3.66. The molecule has 4 aromatic rings. The fourth-order valence-electron chi connectivity index (χ4n) is 5.87. The number of nitrogens with zero attached hydrogens (tertiary/aromatic N) is 5. The van der Waals surface area contributed by atoms with Gasteiger partial charge in [-0.25, -0.2) is 4.98 Å². The Kier molecular flexibility index (Phi) is 7.70. The van der Waals surface area contributed by atoms with E-state index in [1.165, 1.54) is 33.8 Å². The van der Waals surface area contributed by atoms with E-state index in [9.17, 15) is 4.79 Å². The minimum Gasteiger partial charge on any atom is -0.338 e. The summed E-state index contributed by atoms with van der Waals surface area (Å²) in [5.74, 6) is 1.07. The molecule has 1 unspecified atom stereocenters. The molecular formula is C32H35N5OS. The van der Waals surface area contributed by atoms with Crippen LogP contribution in [0.25, 0.3) is 0 Å². The number of carbonyl (C=O) groups is 1. The van der Waals surface area contributed by atoms with Crippen molar-refractivity contribution in [2.45, 2.75) is 38.3 Å². The van der Waals surface area contributed by atoms with Gasteiger partial charge in [-0.05, 0) is 36.5 Å². The molecule has 2 aliphatic rings. The topological polar surface area (TPSA) is 52.6 Å². The molecule has 39 heavy (non-hydrogen) atoms. The van der Waals surface area contributed by atoms with Crippen LogP contribution in [0.3, 0.4) is 0 Å². The molecule has 3 aromatic carbocycles. The van der Waals surface area contributed by atoms with Crippen molar-refractivity contribution in [1.29, 1.82) is 0 Å². The summed E-state index contributed by atoms with van der Waals surface area (Å²) in [7, 11) is 0. The summed E-state index contributed by atoms with van der Waals surface area (Å²) in [6.45, 7) is 6.15. The number of amides is 1. The fraction of sp³-hybridized carbons (Fsp3) is 0.344. The van der Waals surface area contributed by atoms with Crippen LogP contribution in [0.2, 0.25) is 0 Å². The van der Waals surface area contributed by atoms with Crippen molar-refractivity contribution < 1.29 is 4.79 Å². The minimum absolute atomic E-state index is 0.143. The van der Waals surface area contributed by atoms with Crippen LogP contribution in [0.4, 0.5) is 5.13 Å². The van der Waals surface area contributed by atoms with Crippen molar-refractivity contribution in [3.05, 3.63) is 113 Å². The van der Waals surface area contributed by atoms with Crippen LogP contribution < -0.4 is 4.90 Å². The number of carbonyl (C=O) groups excluding carboxylic acids is 1. The third-order valence-electron chi connectivity index (χ3n) is 7.95. The molecule has 6 rings (SSSR count). The number of aromatic nitrogens is 2. The molecule has 0 spiro atoms. The first-order valence-electron chi connectivity index (χ1n) is 13.9. The molecule has 0 bridgehead atoms. The maximum Gasteiger partial charge on any atom is 0.245 e. The lowest BCUT2D eigenvalue weighted by Crippen LogP contribution is -2.54. The molecule has 2 aliphatic heterocycles. The van der Waals surface area contributed by atoms with Gasteiger partial charge < -0.3 is 9.80 Å². The Morgan fingerprint density at radius 2 is 1.51 bits per heavy atom. The van der Waals surface area contributed by atoms with Crippen molar-refractivity contribution in [3.8, 4) is 0 Å². The van der Waals surface area contributed by atoms with Gasteiger partial charge in [0.2, 0.25) is 11.0 Å². The summed E-state index contributed by atoms with van der Waals surface area (Å²) < 4.78 is 4.63. The van der Waals surface area contributed by atoms with Gasteiger partial charge in [0.25, 0.3) is 0 Å². The highest BCUT2D eigenvalue weighted by Crippen LogP contribution is 2.32. The van der Waals surface area contributed by atoms with Crippen molar-refractivity contribution >= 4 is 22.6 Å². The Labute approximate surface area is 235 Å². The van der Waals surface area contributed by atoms with Crippen LogP contribution in [-0.2, 0) is 11.2 Å². The Morgan fingerprint density at radius 1 is 0.872 bits per heavy atom. The van der Waals surface area contributed by atoms with Gasteiger partial charge in [0.05, 0.1) is 6.04 Å². The number of hydrogen-bond donors (Lipinski definition) is 0. The summed E-state index contributed by atoms with van der Waals surface area (Å²) in [4.78, 5) is 25.4. The largest absolute Gasteiger partial charge is 0.338 e. The van der Waals surface area contributed by atoms with Crippen molar-refractivity contribution in [2.24, 2.45) is 0 Å². The Balaban J connectivity index is 1.11. The van der Waals surface area contributed by atoms with Gasteiger partial charge in [-0.2, -0.15) is 4.37 Å². The van der Waals surface area contributed by atoms with E-state index in [2.05, 4.69) is 111 Å². The van der Waals surface area contributed by atoms with Gasteiger partial charge in [-0.3, -0.25) is 9.69 Å². The molecule has 0 saturated carbocycles. The Bertz CT molecular complexity index is 1330. The molecule has 1 amide bonds. The lowest BCUT2D eigenvalue weighted by atomic mass is 9.96. The second kappa shape index (κ2) is 11.7. The quantitative estimate of drug-likeness (QED) is 0.319. The summed E-state index contributed by atoms with van der Waals surface area (Å²) in [5, 5.41) is 0.875. The van der Waals surface area contributed by atoms with Crippen LogP contribution in [0.5, 0.6) is 0 Å². The lowest BCUT2D eigenvalue weighted by Gasteiger charge is -2.41. The highest BCUT2D eigenvalue weighted by atomic mass is 32.1. The third-order valence-corrected chi connectivity index (χ3v) is 8.74. The second-order valence-corrected chi connectivity index (χ2v) is 11.3. The monoisotopic (exact) mass is 537 g/mol. The van der Waals surface area contributed by atoms with Crippen molar-refractivity contribution in [1.82, 2.24) is 19.2 Å². The molecule has 2 fully saturated rings. The van der Waals surface area contributed by atoms with Gasteiger partial charge in [0.1, 0.15) is 11.9 Å². The number of hydrogen-bond acceptors (Lipinski definition) is 6. The van der Waals surface area contributed by atoms with E-state index >= 15 is 0 Å². The second-order valence-electron chi connectivity index (χ2n) is 10.6. The van der Waals surface area contributed by atoms with Crippen LogP contribution in [0, 0.1) is 6.92 Å². The lowest BCUT2D eigenvalue weighted by molar-refractivity contribution is -0.134. The van der Waals surface area contributed by atoms with E-state index < -0.39 is 0 Å². The van der Waals surface area contributed by atoms with Crippen LogP contribution >= 0.6 is 11.5 Å². The molecule has 1 aromatic heterocycles. The maximum absolute atomic E-state index is 13.8. The minimum atomic E-state index is -0.143. The van der Waals surface area contributed by atoms with Crippen LogP contribution in [0.1, 0.15) is 47.0 Å². The molecule has 0 aliphatic carbocycles. The zero-order valence-electron chi connectivity index (χ0n) is 22.4. The predicted molar refractivity (Wildman–Crippen MR) is 157 cm³/mol. The number of benzene rings is 3. The average molecular weight is 538 g/mol. The standard InChI is InChI=1S/C32H35N5OS/c1-24-14-16-25(17-15-24)23-29-33-32(39-34-29)37-18-8-13-28(37)31(38)36-21-19-35(20-22-36)30(26-9-4-2-5-10-26)27-11-6-3-7-12-27/h2-7,9-12,14-17,28,30H,8,13,18-23H2,1H3. The molecule has 2 saturated heterocycles. The smallest absolute Gasteiger partial charge is 0.245 e. The number of piperazine rings is 1. The summed E-state index contributed by atoms with van der Waals surface area (Å²) in [5.41, 5.74) is 5.05. The molecule has 0 radical (unpaired) electrons. The summed E-state index contributed by atoms with van der Waals surface area (Å²) >= 11 is 1.42. The molecule has 200 valence electrons. The summed E-state index contributed by atoms with van der Waals surface area (Å²) in [6.07, 6.45) is 2.60. The highest BCUT2D eigenvalue weighted by Gasteiger charge is 2.37. The SMILES string of the molecule is Cc1ccc(Cc2nsc(N3CCCC3C(=O)N3CCN(C(c4ccccc4)c4ccccc4)CC3)n2)cc1. The zero-order chi connectivity index (χ0) is 26.6. The molecular weight excluding hydrogens is 502 g/mol. The van der Waals surface area contributed by atoms with Crippen LogP contribution in [0.15, 0.2) is 84.9 Å². The van der Waals surface area contributed by atoms with E-state index in [0.717, 1.165) is 62.9 Å². The predicted octanol–water partition coefficient (Wildman–Crippen LogP) is 5.34. The summed E-state index contributed by atoms with van der Waals surface area (Å²) in [6, 6.07) is 30.0. The van der Waals surface area contributed by atoms with E-state index in [1.54, 1.807) is 0 Å². The van der Waals surface area contributed by atoms with E-state index in [-0.39, 0.29) is 18.0 Å². The Hall–Kier alpha value is -3.55. The molecule has 0 N–H and O–H groups in total. The third kappa shape index (κ3) is 5.75. The van der Waals surface area contributed by atoms with Gasteiger partial charge in [0, 0.05) is 50.7 Å². The molecule has 3 heterocycles. The first kappa shape index (κ1) is 25.7. The normalized spacial score (nSPS) is 18.2. The highest BCUT2D eigenvalue weighted by molar-refractivity contribution is 7.09. The van der Waals surface area contributed by atoms with Crippen molar-refractivity contribution in [2.75, 3.05) is 37.6 Å². The van der Waals surface area contributed by atoms with E-state index in [1.807, 2.05) is 0 Å². The first-order valence-corrected chi connectivity index (χ1v) is 14.7. The van der Waals surface area contributed by atoms with Gasteiger partial charge in [-0.15, -0.1) is 0 Å². The van der Waals surface area contributed by atoms with Crippen molar-refractivity contribution in [3.63, 3.8) is 0 Å². The van der Waals surface area contributed by atoms with E-state index in [0.29, 0.717) is 0 Å². The maximum atomic E-state index is 13.8. The van der Waals surface area contributed by atoms with Gasteiger partial charge in [-0.1, -0.05) is 90.5 Å². The van der Waals surface area contributed by atoms with E-state index in [4.69, 9.17) is 4.98 Å². The molecule has 6 nitrogen and oxygen atoms in total. The van der Waals surface area contributed by atoms with Gasteiger partial charge >= 0.3 is 0 Å².